The van der Waals surface area contributed by atoms with Crippen LogP contribution in [-0.4, -0.2) is 42.5 Å². The van der Waals surface area contributed by atoms with Gasteiger partial charge in [0.2, 0.25) is 0 Å². The Bertz CT molecular complexity index is 750. The number of aromatic nitrogens is 4. The van der Waals surface area contributed by atoms with E-state index in [9.17, 15) is 22.8 Å². The van der Waals surface area contributed by atoms with Crippen LogP contribution in [0.3, 0.4) is 0 Å². The van der Waals surface area contributed by atoms with Crippen LogP contribution >= 0.6 is 0 Å². The molecule has 2 aromatic heterocycles. The maximum atomic E-state index is 12.5. The van der Waals surface area contributed by atoms with Crippen LogP contribution in [0.4, 0.5) is 13.2 Å². The van der Waals surface area contributed by atoms with Gasteiger partial charge in [0.25, 0.3) is 5.91 Å². The molecule has 0 bridgehead atoms. The Morgan fingerprint density at radius 2 is 2.08 bits per heavy atom. The summed E-state index contributed by atoms with van der Waals surface area (Å²) in [5.41, 5.74) is 0.0398. The molecule has 0 unspecified atom stereocenters. The van der Waals surface area contributed by atoms with Gasteiger partial charge < -0.3 is 15.0 Å². The van der Waals surface area contributed by atoms with Crippen molar-refractivity contribution in [3.8, 4) is 0 Å². The third-order valence-corrected chi connectivity index (χ3v) is 2.98. The first-order chi connectivity index (χ1) is 11.2. The number of alkyl halides is 3. The van der Waals surface area contributed by atoms with E-state index in [-0.39, 0.29) is 30.3 Å². The molecule has 2 aromatic rings. The van der Waals surface area contributed by atoms with Crippen LogP contribution in [0.25, 0.3) is 0 Å². The third-order valence-electron chi connectivity index (χ3n) is 2.98. The monoisotopic (exact) mass is 345 g/mol. The number of nitrogens with zero attached hydrogens (tertiary/aromatic N) is 4. The lowest BCUT2D eigenvalue weighted by Crippen LogP contribution is -2.29. The lowest BCUT2D eigenvalue weighted by atomic mass is 10.3. The van der Waals surface area contributed by atoms with Crippen LogP contribution in [-0.2, 0) is 24.4 Å². The number of amides is 1. The molecule has 0 fully saturated rings. The molecule has 24 heavy (non-hydrogen) atoms. The Balaban J connectivity index is 2.08. The number of nitrogens with one attached hydrogen (secondary N) is 1. The predicted octanol–water partition coefficient (Wildman–Crippen LogP) is 0.965. The molecule has 0 saturated carbocycles. The van der Waals surface area contributed by atoms with E-state index in [4.69, 9.17) is 5.11 Å². The fourth-order valence-electron chi connectivity index (χ4n) is 2.07. The van der Waals surface area contributed by atoms with E-state index >= 15 is 0 Å². The lowest BCUT2D eigenvalue weighted by molar-refractivity contribution is -0.143. The summed E-state index contributed by atoms with van der Waals surface area (Å²) in [6, 6.07) is 1.24. The highest BCUT2D eigenvalue weighted by Crippen LogP contribution is 2.18. The number of carbonyl (C=O) groups excluding carboxylic acids is 1. The van der Waals surface area contributed by atoms with Gasteiger partial charge in [-0.3, -0.25) is 14.3 Å². The van der Waals surface area contributed by atoms with Gasteiger partial charge in [0.15, 0.2) is 0 Å². The summed E-state index contributed by atoms with van der Waals surface area (Å²) in [5, 5.41) is 14.8. The fraction of sp³-hybridized carbons (Fsp3) is 0.385. The molecule has 0 aromatic carbocycles. The molecule has 130 valence electrons. The van der Waals surface area contributed by atoms with Crippen molar-refractivity contribution < 1.29 is 27.9 Å². The van der Waals surface area contributed by atoms with E-state index in [2.05, 4.69) is 15.4 Å². The van der Waals surface area contributed by atoms with Crippen molar-refractivity contribution in [2.24, 2.45) is 0 Å². The van der Waals surface area contributed by atoms with Gasteiger partial charge in [0, 0.05) is 12.4 Å². The van der Waals surface area contributed by atoms with E-state index in [0.29, 0.717) is 4.68 Å². The number of aliphatic carboxylic acids is 1. The Hall–Kier alpha value is -2.85. The molecular formula is C13H14F3N5O3. The molecule has 0 aliphatic carbocycles. The summed E-state index contributed by atoms with van der Waals surface area (Å²) in [5.74, 6) is -1.58. The molecule has 0 aliphatic heterocycles. The molecule has 0 saturated heterocycles. The van der Waals surface area contributed by atoms with Crippen LogP contribution in [0.15, 0.2) is 18.5 Å². The zero-order chi connectivity index (χ0) is 17.9. The first-order valence-corrected chi connectivity index (χ1v) is 6.77. The highest BCUT2D eigenvalue weighted by molar-refractivity contribution is 5.92. The first kappa shape index (κ1) is 17.5. The quantitative estimate of drug-likeness (QED) is 0.812. The van der Waals surface area contributed by atoms with E-state index in [0.717, 1.165) is 0 Å². The zero-order valence-electron chi connectivity index (χ0n) is 12.5. The normalized spacial score (nSPS) is 11.5. The molecule has 0 radical (unpaired) electrons. The molecule has 8 nitrogen and oxygen atoms in total. The number of aryl methyl sites for hydroxylation is 1. The van der Waals surface area contributed by atoms with E-state index in [1.165, 1.54) is 30.0 Å². The fourth-order valence-corrected chi connectivity index (χ4v) is 2.07. The topological polar surface area (TPSA) is 102 Å². The lowest BCUT2D eigenvalue weighted by Gasteiger charge is -2.11. The summed E-state index contributed by atoms with van der Waals surface area (Å²) >= 11 is 0. The average molecular weight is 345 g/mol. The van der Waals surface area contributed by atoms with Crippen LogP contribution in [0.1, 0.15) is 22.0 Å². The van der Waals surface area contributed by atoms with Crippen LogP contribution < -0.4 is 5.32 Å². The van der Waals surface area contributed by atoms with Gasteiger partial charge in [-0.2, -0.15) is 18.3 Å². The first-order valence-electron chi connectivity index (χ1n) is 6.77. The highest BCUT2D eigenvalue weighted by atomic mass is 19.4. The number of hydrogen-bond donors (Lipinski definition) is 2. The van der Waals surface area contributed by atoms with Crippen LogP contribution in [0, 0.1) is 6.92 Å². The van der Waals surface area contributed by atoms with Crippen molar-refractivity contribution >= 4 is 11.9 Å². The van der Waals surface area contributed by atoms with Gasteiger partial charge in [-0.25, -0.2) is 4.98 Å². The molecule has 11 heteroatoms. The maximum Gasteiger partial charge on any atom is 0.408 e. The third kappa shape index (κ3) is 4.57. The molecular weight excluding hydrogens is 331 g/mol. The number of imidazole rings is 1. The Morgan fingerprint density at radius 3 is 2.71 bits per heavy atom. The van der Waals surface area contributed by atoms with Crippen molar-refractivity contribution in [1.29, 1.82) is 0 Å². The molecule has 2 N–H and O–H groups in total. The SMILES string of the molecule is Cc1cc(C(=O)NCc2nccn2CC(=O)O)n(CC(F)(F)F)n1. The summed E-state index contributed by atoms with van der Waals surface area (Å²) < 4.78 is 39.4. The minimum atomic E-state index is -4.51. The van der Waals surface area contributed by atoms with Crippen molar-refractivity contribution in [1.82, 2.24) is 24.6 Å². The van der Waals surface area contributed by atoms with Crippen LogP contribution in [0.5, 0.6) is 0 Å². The van der Waals surface area contributed by atoms with Gasteiger partial charge in [0.1, 0.15) is 24.6 Å². The number of halogens is 3. The van der Waals surface area contributed by atoms with E-state index in [1.807, 2.05) is 0 Å². The standard InChI is InChI=1S/C13H14F3N5O3/c1-8-4-9(21(19-8)7-13(14,15)16)12(24)18-5-10-17-2-3-20(10)6-11(22)23/h2-4H,5-7H2,1H3,(H,18,24)(H,22,23). The van der Waals surface area contributed by atoms with E-state index < -0.39 is 24.6 Å². The predicted molar refractivity (Wildman–Crippen MR) is 74.1 cm³/mol. The Morgan fingerprint density at radius 1 is 1.38 bits per heavy atom. The summed E-state index contributed by atoms with van der Waals surface area (Å²) in [4.78, 5) is 26.7. The highest BCUT2D eigenvalue weighted by Gasteiger charge is 2.30. The summed E-state index contributed by atoms with van der Waals surface area (Å²) in [6.45, 7) is -0.369. The number of carboxylic acids is 1. The zero-order valence-corrected chi connectivity index (χ0v) is 12.5. The van der Waals surface area contributed by atoms with Crippen molar-refractivity contribution in [2.45, 2.75) is 32.7 Å². The van der Waals surface area contributed by atoms with Gasteiger partial charge in [0.05, 0.1) is 12.2 Å². The number of carbonyl (C=O) groups is 2. The van der Waals surface area contributed by atoms with Crippen molar-refractivity contribution in [3.05, 3.63) is 35.7 Å². The summed E-state index contributed by atoms with van der Waals surface area (Å²) in [7, 11) is 0. The van der Waals surface area contributed by atoms with Gasteiger partial charge in [-0.05, 0) is 13.0 Å². The van der Waals surface area contributed by atoms with Crippen molar-refractivity contribution in [3.63, 3.8) is 0 Å². The summed E-state index contributed by atoms with van der Waals surface area (Å²) in [6.07, 6.45) is -1.72. The molecule has 0 aliphatic rings. The molecule has 1 amide bonds. The number of hydrogen-bond acceptors (Lipinski definition) is 4. The second-order valence-corrected chi connectivity index (χ2v) is 4.99. The molecule has 2 heterocycles. The van der Waals surface area contributed by atoms with Gasteiger partial charge >= 0.3 is 12.1 Å². The average Bonchev–Trinajstić information content (AvgIpc) is 3.00. The largest absolute Gasteiger partial charge is 0.480 e. The Kier molecular flexibility index (Phi) is 4.90. The van der Waals surface area contributed by atoms with Crippen LogP contribution in [0.2, 0.25) is 0 Å². The number of carboxylic acid groups (broad SMARTS) is 1. The maximum absolute atomic E-state index is 12.5. The number of rotatable bonds is 6. The van der Waals surface area contributed by atoms with Gasteiger partial charge in [-0.1, -0.05) is 0 Å². The second kappa shape index (κ2) is 6.72. The Labute approximate surface area is 133 Å². The van der Waals surface area contributed by atoms with E-state index in [1.54, 1.807) is 0 Å². The van der Waals surface area contributed by atoms with Gasteiger partial charge in [-0.15, -0.1) is 0 Å². The minimum absolute atomic E-state index is 0.130. The minimum Gasteiger partial charge on any atom is -0.480 e. The second-order valence-electron chi connectivity index (χ2n) is 4.99. The molecule has 0 atom stereocenters. The van der Waals surface area contributed by atoms with Crippen molar-refractivity contribution in [2.75, 3.05) is 0 Å². The molecule has 0 spiro atoms. The molecule has 2 rings (SSSR count). The smallest absolute Gasteiger partial charge is 0.408 e.